The van der Waals surface area contributed by atoms with Gasteiger partial charge in [-0.2, -0.15) is 0 Å². The van der Waals surface area contributed by atoms with Gasteiger partial charge in [-0.05, 0) is 58.8 Å². The van der Waals surface area contributed by atoms with E-state index in [0.29, 0.717) is 25.2 Å². The third kappa shape index (κ3) is 8.77. The zero-order chi connectivity index (χ0) is 15.5. The smallest absolute Gasteiger partial charge is 0.0897 e. The minimum Gasteiger partial charge on any atom is -0.389 e. The van der Waals surface area contributed by atoms with Crippen LogP contribution in [-0.4, -0.2) is 62.6 Å². The Labute approximate surface area is 131 Å². The van der Waals surface area contributed by atoms with Gasteiger partial charge in [0.2, 0.25) is 0 Å². The monoisotopic (exact) mass is 300 g/mol. The molecule has 0 aromatic carbocycles. The van der Waals surface area contributed by atoms with Crippen molar-refractivity contribution in [3.05, 3.63) is 0 Å². The molecule has 0 spiro atoms. The lowest BCUT2D eigenvalue weighted by molar-refractivity contribution is -0.0498. The second-order valence-electron chi connectivity index (χ2n) is 6.69. The highest BCUT2D eigenvalue weighted by atomic mass is 16.5. The summed E-state index contributed by atoms with van der Waals surface area (Å²) in [5.41, 5.74) is 0. The standard InChI is InChI=1S/C17H36N2O2/c1-4-15-9-5-6-10-17(15)21-14-16(20)13-18-11-7-8-12-19(2)3/h15-18,20H,4-14H2,1-3H3. The van der Waals surface area contributed by atoms with E-state index in [0.717, 1.165) is 19.5 Å². The number of nitrogens with one attached hydrogen (secondary N) is 1. The van der Waals surface area contributed by atoms with Crippen LogP contribution in [0.2, 0.25) is 0 Å². The molecule has 3 atom stereocenters. The van der Waals surface area contributed by atoms with Gasteiger partial charge in [-0.25, -0.2) is 0 Å². The summed E-state index contributed by atoms with van der Waals surface area (Å²) < 4.78 is 5.96. The van der Waals surface area contributed by atoms with Gasteiger partial charge < -0.3 is 20.1 Å². The van der Waals surface area contributed by atoms with Crippen LogP contribution in [0.5, 0.6) is 0 Å². The first-order valence-electron chi connectivity index (χ1n) is 8.78. The zero-order valence-electron chi connectivity index (χ0n) is 14.3. The molecule has 0 heterocycles. The summed E-state index contributed by atoms with van der Waals surface area (Å²) in [5.74, 6) is 0.699. The topological polar surface area (TPSA) is 44.7 Å². The molecule has 1 aliphatic carbocycles. The molecule has 4 heteroatoms. The van der Waals surface area contributed by atoms with Crippen molar-refractivity contribution in [2.24, 2.45) is 5.92 Å². The average molecular weight is 300 g/mol. The maximum absolute atomic E-state index is 9.99. The minimum absolute atomic E-state index is 0.374. The molecular weight excluding hydrogens is 264 g/mol. The zero-order valence-corrected chi connectivity index (χ0v) is 14.3. The second kappa shape index (κ2) is 11.4. The van der Waals surface area contributed by atoms with E-state index in [9.17, 15) is 5.11 Å². The van der Waals surface area contributed by atoms with Crippen molar-refractivity contribution in [1.29, 1.82) is 0 Å². The molecule has 1 rings (SSSR count). The molecule has 2 N–H and O–H groups in total. The quantitative estimate of drug-likeness (QED) is 0.575. The first-order chi connectivity index (χ1) is 10.1. The molecule has 0 bridgehead atoms. The number of rotatable bonds is 11. The third-order valence-electron chi connectivity index (χ3n) is 4.46. The van der Waals surface area contributed by atoms with Crippen LogP contribution in [0.3, 0.4) is 0 Å². The largest absolute Gasteiger partial charge is 0.389 e. The van der Waals surface area contributed by atoms with Crippen molar-refractivity contribution in [3.63, 3.8) is 0 Å². The number of aliphatic hydroxyl groups is 1. The van der Waals surface area contributed by atoms with Crippen LogP contribution in [0.15, 0.2) is 0 Å². The number of hydrogen-bond acceptors (Lipinski definition) is 4. The Kier molecular flexibility index (Phi) is 10.3. The van der Waals surface area contributed by atoms with Gasteiger partial charge in [0.25, 0.3) is 0 Å². The fourth-order valence-corrected chi connectivity index (χ4v) is 3.10. The third-order valence-corrected chi connectivity index (χ3v) is 4.46. The van der Waals surface area contributed by atoms with E-state index in [1.54, 1.807) is 0 Å². The molecule has 1 aliphatic rings. The van der Waals surface area contributed by atoms with Gasteiger partial charge in [0.15, 0.2) is 0 Å². The summed E-state index contributed by atoms with van der Waals surface area (Å²) in [5, 5.41) is 13.3. The summed E-state index contributed by atoms with van der Waals surface area (Å²) in [4.78, 5) is 2.21. The lowest BCUT2D eigenvalue weighted by atomic mass is 9.85. The van der Waals surface area contributed by atoms with Crippen molar-refractivity contribution in [1.82, 2.24) is 10.2 Å². The van der Waals surface area contributed by atoms with Gasteiger partial charge in [0, 0.05) is 6.54 Å². The number of aliphatic hydroxyl groups excluding tert-OH is 1. The second-order valence-corrected chi connectivity index (χ2v) is 6.69. The first-order valence-corrected chi connectivity index (χ1v) is 8.78. The Bertz CT molecular complexity index is 249. The summed E-state index contributed by atoms with van der Waals surface area (Å²) >= 11 is 0. The van der Waals surface area contributed by atoms with Crippen molar-refractivity contribution in [2.75, 3.05) is 40.3 Å². The molecule has 1 fully saturated rings. The highest BCUT2D eigenvalue weighted by Crippen LogP contribution is 2.29. The number of ether oxygens (including phenoxy) is 1. The predicted molar refractivity (Wildman–Crippen MR) is 88.7 cm³/mol. The van der Waals surface area contributed by atoms with E-state index < -0.39 is 0 Å². The van der Waals surface area contributed by atoms with E-state index in [4.69, 9.17) is 4.74 Å². The van der Waals surface area contributed by atoms with Crippen LogP contribution in [0.4, 0.5) is 0 Å². The Hall–Kier alpha value is -0.160. The SMILES string of the molecule is CCC1CCCCC1OCC(O)CNCCCCN(C)C. The van der Waals surface area contributed by atoms with Crippen molar-refractivity contribution < 1.29 is 9.84 Å². The Morgan fingerprint density at radius 3 is 2.71 bits per heavy atom. The first kappa shape index (κ1) is 18.9. The van der Waals surface area contributed by atoms with E-state index in [1.807, 2.05) is 0 Å². The van der Waals surface area contributed by atoms with Crippen molar-refractivity contribution >= 4 is 0 Å². The highest BCUT2D eigenvalue weighted by Gasteiger charge is 2.24. The van der Waals surface area contributed by atoms with Gasteiger partial charge in [0.1, 0.15) is 0 Å². The van der Waals surface area contributed by atoms with Gasteiger partial charge in [0.05, 0.1) is 18.8 Å². The normalized spacial score (nSPS) is 24.4. The molecule has 21 heavy (non-hydrogen) atoms. The van der Waals surface area contributed by atoms with E-state index in [-0.39, 0.29) is 6.10 Å². The molecule has 0 aliphatic heterocycles. The highest BCUT2D eigenvalue weighted by molar-refractivity contribution is 4.75. The van der Waals surface area contributed by atoms with Gasteiger partial charge >= 0.3 is 0 Å². The molecule has 0 radical (unpaired) electrons. The summed E-state index contributed by atoms with van der Waals surface area (Å²) in [6.45, 7) is 5.48. The molecule has 0 aromatic heterocycles. The van der Waals surface area contributed by atoms with Crippen LogP contribution in [0, 0.1) is 5.92 Å². The van der Waals surface area contributed by atoms with E-state index >= 15 is 0 Å². The maximum Gasteiger partial charge on any atom is 0.0897 e. The Morgan fingerprint density at radius 1 is 1.24 bits per heavy atom. The van der Waals surface area contributed by atoms with Crippen molar-refractivity contribution in [2.45, 2.75) is 64.1 Å². The van der Waals surface area contributed by atoms with Crippen LogP contribution < -0.4 is 5.32 Å². The molecular formula is C17H36N2O2. The number of unbranched alkanes of at least 4 members (excludes halogenated alkanes) is 1. The van der Waals surface area contributed by atoms with Gasteiger partial charge in [-0.1, -0.05) is 26.2 Å². The molecule has 4 nitrogen and oxygen atoms in total. The summed E-state index contributed by atoms with van der Waals surface area (Å²) in [6, 6.07) is 0. The number of nitrogens with zero attached hydrogens (tertiary/aromatic N) is 1. The molecule has 0 aromatic rings. The predicted octanol–water partition coefficient (Wildman–Crippen LogP) is 2.26. The maximum atomic E-state index is 9.99. The lowest BCUT2D eigenvalue weighted by Gasteiger charge is -2.31. The average Bonchev–Trinajstić information content (AvgIpc) is 2.48. The molecule has 126 valence electrons. The van der Waals surface area contributed by atoms with Gasteiger partial charge in [-0.3, -0.25) is 0 Å². The minimum atomic E-state index is -0.377. The van der Waals surface area contributed by atoms with Crippen LogP contribution in [0.1, 0.15) is 51.9 Å². The summed E-state index contributed by atoms with van der Waals surface area (Å²) in [6.07, 6.45) is 8.64. The van der Waals surface area contributed by atoms with Crippen molar-refractivity contribution in [3.8, 4) is 0 Å². The van der Waals surface area contributed by atoms with Crippen LogP contribution >= 0.6 is 0 Å². The Morgan fingerprint density at radius 2 is 2.00 bits per heavy atom. The summed E-state index contributed by atoms with van der Waals surface area (Å²) in [7, 11) is 4.20. The Balaban J connectivity index is 2.01. The molecule has 0 amide bonds. The van der Waals surface area contributed by atoms with E-state index in [1.165, 1.54) is 38.5 Å². The van der Waals surface area contributed by atoms with Crippen LogP contribution in [0.25, 0.3) is 0 Å². The number of hydrogen-bond donors (Lipinski definition) is 2. The molecule has 0 saturated heterocycles. The lowest BCUT2D eigenvalue weighted by Crippen LogP contribution is -2.35. The van der Waals surface area contributed by atoms with Gasteiger partial charge in [-0.15, -0.1) is 0 Å². The molecule has 1 saturated carbocycles. The fourth-order valence-electron chi connectivity index (χ4n) is 3.10. The van der Waals surface area contributed by atoms with E-state index in [2.05, 4.69) is 31.2 Å². The molecule has 3 unspecified atom stereocenters. The van der Waals surface area contributed by atoms with Crippen LogP contribution in [-0.2, 0) is 4.74 Å². The fraction of sp³-hybridized carbons (Fsp3) is 1.00.